The number of nitrogens with two attached hydrogens (primary N) is 1. The molecule has 1 aliphatic rings. The van der Waals surface area contributed by atoms with E-state index in [0.717, 1.165) is 19.6 Å². The normalized spacial score (nSPS) is 17.8. The minimum Gasteiger partial charge on any atom is -0.492 e. The van der Waals surface area contributed by atoms with E-state index in [9.17, 15) is 8.42 Å². The summed E-state index contributed by atoms with van der Waals surface area (Å²) in [4.78, 5) is 2.25. The number of nitrogens with zero attached hydrogens (tertiary/aromatic N) is 2. The van der Waals surface area contributed by atoms with Gasteiger partial charge in [-0.1, -0.05) is 6.92 Å². The second-order valence-electron chi connectivity index (χ2n) is 5.07. The zero-order valence-corrected chi connectivity index (χ0v) is 13.2. The van der Waals surface area contributed by atoms with E-state index in [0.29, 0.717) is 24.5 Å². The highest BCUT2D eigenvalue weighted by atomic mass is 32.2. The van der Waals surface area contributed by atoms with Crippen LogP contribution in [0.15, 0.2) is 24.3 Å². The molecule has 0 saturated carbocycles. The molecule has 0 aromatic heterocycles. The number of ether oxygens (including phenoxy) is 1. The average molecular weight is 313 g/mol. The molecule has 1 aliphatic heterocycles. The maximum atomic E-state index is 12.2. The third-order valence-corrected chi connectivity index (χ3v) is 5.50. The van der Waals surface area contributed by atoms with Gasteiger partial charge in [0.2, 0.25) is 10.0 Å². The number of hydrogen-bond acceptors (Lipinski definition) is 5. The van der Waals surface area contributed by atoms with E-state index in [1.807, 2.05) is 0 Å². The Hall–Kier alpha value is -1.31. The molecule has 2 rings (SSSR count). The first-order chi connectivity index (χ1) is 10.0. The topological polar surface area (TPSA) is 75.9 Å². The Kier molecular flexibility index (Phi) is 5.44. The molecule has 0 amide bonds. The van der Waals surface area contributed by atoms with Crippen molar-refractivity contribution in [1.29, 1.82) is 0 Å². The van der Waals surface area contributed by atoms with E-state index in [-0.39, 0.29) is 12.4 Å². The van der Waals surface area contributed by atoms with E-state index < -0.39 is 10.0 Å². The Labute approximate surface area is 126 Å². The van der Waals surface area contributed by atoms with Crippen molar-refractivity contribution in [3.8, 4) is 5.75 Å². The lowest BCUT2D eigenvalue weighted by atomic mass is 10.3. The lowest BCUT2D eigenvalue weighted by Crippen LogP contribution is -2.49. The molecule has 0 atom stereocenters. The largest absolute Gasteiger partial charge is 0.492 e. The molecule has 0 radical (unpaired) electrons. The van der Waals surface area contributed by atoms with Crippen LogP contribution in [0, 0.1) is 0 Å². The second-order valence-corrected chi connectivity index (χ2v) is 7.16. The van der Waals surface area contributed by atoms with Crippen LogP contribution >= 0.6 is 0 Å². The molecule has 118 valence electrons. The highest BCUT2D eigenvalue weighted by molar-refractivity contribution is 7.89. The van der Waals surface area contributed by atoms with Crippen LogP contribution in [0.3, 0.4) is 0 Å². The van der Waals surface area contributed by atoms with Gasteiger partial charge in [-0.05, 0) is 30.8 Å². The van der Waals surface area contributed by atoms with Gasteiger partial charge in [0.25, 0.3) is 0 Å². The monoisotopic (exact) mass is 313 g/mol. The molecule has 7 heteroatoms. The van der Waals surface area contributed by atoms with Crippen LogP contribution in [0.2, 0.25) is 0 Å². The Balaban J connectivity index is 1.80. The lowest BCUT2D eigenvalue weighted by Gasteiger charge is -2.33. The van der Waals surface area contributed by atoms with Crippen molar-refractivity contribution in [2.24, 2.45) is 0 Å². The fourth-order valence-electron chi connectivity index (χ4n) is 2.28. The minimum absolute atomic E-state index is 0.00347. The fraction of sp³-hybridized carbons (Fsp3) is 0.571. The molecule has 1 aromatic rings. The first-order valence-electron chi connectivity index (χ1n) is 7.20. The molecule has 21 heavy (non-hydrogen) atoms. The molecule has 1 heterocycles. The predicted molar refractivity (Wildman–Crippen MR) is 83.8 cm³/mol. The average Bonchev–Trinajstić information content (AvgIpc) is 2.49. The summed E-state index contributed by atoms with van der Waals surface area (Å²) in [5, 5.41) is 0. The first-order valence-corrected chi connectivity index (χ1v) is 8.80. The van der Waals surface area contributed by atoms with Gasteiger partial charge >= 0.3 is 0 Å². The number of piperazine rings is 1. The number of likely N-dealkylation sites (N-methyl/N-ethyl adjacent to an activating group) is 1. The van der Waals surface area contributed by atoms with Gasteiger partial charge in [0.15, 0.2) is 0 Å². The van der Waals surface area contributed by atoms with Crippen LogP contribution in [0.4, 0.5) is 5.69 Å². The third kappa shape index (κ3) is 4.59. The maximum Gasteiger partial charge on any atom is 0.217 e. The number of rotatable bonds is 6. The number of sulfonamides is 1. The van der Waals surface area contributed by atoms with Gasteiger partial charge in [-0.3, -0.25) is 0 Å². The van der Waals surface area contributed by atoms with Gasteiger partial charge in [-0.25, -0.2) is 8.42 Å². The lowest BCUT2D eigenvalue weighted by molar-refractivity contribution is 0.195. The van der Waals surface area contributed by atoms with Gasteiger partial charge < -0.3 is 15.4 Å². The fourth-order valence-corrected chi connectivity index (χ4v) is 3.55. The third-order valence-electron chi connectivity index (χ3n) is 3.66. The van der Waals surface area contributed by atoms with Crippen molar-refractivity contribution in [3.63, 3.8) is 0 Å². The van der Waals surface area contributed by atoms with E-state index in [2.05, 4.69) is 11.8 Å². The van der Waals surface area contributed by atoms with Crippen molar-refractivity contribution in [3.05, 3.63) is 24.3 Å². The van der Waals surface area contributed by atoms with Crippen molar-refractivity contribution in [1.82, 2.24) is 9.21 Å². The molecule has 1 saturated heterocycles. The van der Waals surface area contributed by atoms with Gasteiger partial charge in [0, 0.05) is 31.9 Å². The Morgan fingerprint density at radius 2 is 1.76 bits per heavy atom. The minimum atomic E-state index is -3.24. The first kappa shape index (κ1) is 16.1. The number of nitrogen functional groups attached to an aromatic ring is 1. The van der Waals surface area contributed by atoms with Gasteiger partial charge in [0.05, 0.1) is 5.75 Å². The summed E-state index contributed by atoms with van der Waals surface area (Å²) in [6, 6.07) is 6.94. The zero-order valence-electron chi connectivity index (χ0n) is 12.4. The van der Waals surface area contributed by atoms with Crippen LogP contribution in [0.1, 0.15) is 6.92 Å². The standard InChI is InChI=1S/C14H23N3O3S/c1-2-16-7-9-17(10-8-16)21(18,19)12-11-20-14-5-3-13(15)4-6-14/h3-6H,2,7-12,15H2,1H3. The molecule has 2 N–H and O–H groups in total. The molecule has 6 nitrogen and oxygen atoms in total. The molecule has 1 fully saturated rings. The highest BCUT2D eigenvalue weighted by Gasteiger charge is 2.26. The zero-order chi connectivity index (χ0) is 15.3. The van der Waals surface area contributed by atoms with E-state index in [4.69, 9.17) is 10.5 Å². The van der Waals surface area contributed by atoms with Gasteiger partial charge in [-0.2, -0.15) is 4.31 Å². The van der Waals surface area contributed by atoms with Crippen molar-refractivity contribution in [2.75, 3.05) is 50.8 Å². The van der Waals surface area contributed by atoms with Crippen LogP contribution in [-0.4, -0.2) is 62.7 Å². The van der Waals surface area contributed by atoms with E-state index in [1.54, 1.807) is 28.6 Å². The molecular formula is C14H23N3O3S. The summed E-state index contributed by atoms with van der Waals surface area (Å²) in [7, 11) is -3.24. The summed E-state index contributed by atoms with van der Waals surface area (Å²) >= 11 is 0. The Morgan fingerprint density at radius 1 is 1.14 bits per heavy atom. The smallest absolute Gasteiger partial charge is 0.217 e. The molecule has 0 unspecified atom stereocenters. The summed E-state index contributed by atoms with van der Waals surface area (Å²) in [5.41, 5.74) is 6.24. The molecular weight excluding hydrogens is 290 g/mol. The van der Waals surface area contributed by atoms with E-state index in [1.165, 1.54) is 0 Å². The summed E-state index contributed by atoms with van der Waals surface area (Å²) < 4.78 is 31.5. The summed E-state index contributed by atoms with van der Waals surface area (Å²) in [6.45, 7) is 5.94. The van der Waals surface area contributed by atoms with Crippen LogP contribution in [0.25, 0.3) is 0 Å². The van der Waals surface area contributed by atoms with Crippen LogP contribution in [-0.2, 0) is 10.0 Å². The van der Waals surface area contributed by atoms with Crippen LogP contribution < -0.4 is 10.5 Å². The molecule has 0 spiro atoms. The Bertz CT molecular complexity index is 537. The van der Waals surface area contributed by atoms with Crippen molar-refractivity contribution in [2.45, 2.75) is 6.92 Å². The predicted octanol–water partition coefficient (Wildman–Crippen LogP) is 0.615. The summed E-state index contributed by atoms with van der Waals surface area (Å²) in [5.74, 6) is 0.638. The van der Waals surface area contributed by atoms with Crippen molar-refractivity contribution >= 4 is 15.7 Å². The summed E-state index contributed by atoms with van der Waals surface area (Å²) in [6.07, 6.45) is 0. The number of benzene rings is 1. The second kappa shape index (κ2) is 7.11. The number of hydrogen-bond donors (Lipinski definition) is 1. The maximum absolute atomic E-state index is 12.2. The van der Waals surface area contributed by atoms with Gasteiger partial charge in [-0.15, -0.1) is 0 Å². The Morgan fingerprint density at radius 3 is 2.33 bits per heavy atom. The SMILES string of the molecule is CCN1CCN(S(=O)(=O)CCOc2ccc(N)cc2)CC1. The van der Waals surface area contributed by atoms with Crippen LogP contribution in [0.5, 0.6) is 5.75 Å². The van der Waals surface area contributed by atoms with Gasteiger partial charge in [0.1, 0.15) is 12.4 Å². The molecule has 0 aliphatic carbocycles. The van der Waals surface area contributed by atoms with E-state index >= 15 is 0 Å². The van der Waals surface area contributed by atoms with Crippen molar-refractivity contribution < 1.29 is 13.2 Å². The highest BCUT2D eigenvalue weighted by Crippen LogP contribution is 2.14. The number of anilines is 1. The molecule has 0 bridgehead atoms. The molecule has 1 aromatic carbocycles. The quantitative estimate of drug-likeness (QED) is 0.779.